The molecule has 0 saturated carbocycles. The first kappa shape index (κ1) is 25.0. The second kappa shape index (κ2) is 11.5. The van der Waals surface area contributed by atoms with Crippen LogP contribution in [-0.2, 0) is 19.1 Å². The number of halogens is 1. The van der Waals surface area contributed by atoms with Crippen molar-refractivity contribution in [3.8, 4) is 16.2 Å². The van der Waals surface area contributed by atoms with E-state index in [1.165, 1.54) is 18.4 Å². The second-order valence-electron chi connectivity index (χ2n) is 7.49. The summed E-state index contributed by atoms with van der Waals surface area (Å²) in [6.07, 6.45) is 1.76. The maximum atomic E-state index is 12.3. The molecular weight excluding hydrogens is 512 g/mol. The molecule has 2 heterocycles. The van der Waals surface area contributed by atoms with Crippen molar-refractivity contribution in [1.29, 1.82) is 0 Å². The molecule has 1 aromatic carbocycles. The number of piperidine rings is 1. The fourth-order valence-corrected chi connectivity index (χ4v) is 5.56. The Labute approximate surface area is 205 Å². The van der Waals surface area contributed by atoms with Gasteiger partial charge in [0.15, 0.2) is 17.2 Å². The molecule has 1 fully saturated rings. The van der Waals surface area contributed by atoms with Gasteiger partial charge >= 0.3 is 11.9 Å². The van der Waals surface area contributed by atoms with Crippen molar-refractivity contribution in [3.63, 3.8) is 0 Å². The van der Waals surface area contributed by atoms with Crippen molar-refractivity contribution in [2.75, 3.05) is 38.7 Å². The number of ether oxygens (including phenoxy) is 3. The predicted molar refractivity (Wildman–Crippen MR) is 130 cm³/mol. The lowest BCUT2D eigenvalue weighted by atomic mass is 10.0. The quantitative estimate of drug-likeness (QED) is 0.499. The van der Waals surface area contributed by atoms with Gasteiger partial charge in [-0.05, 0) is 53.4 Å². The van der Waals surface area contributed by atoms with E-state index in [0.29, 0.717) is 4.47 Å². The molecule has 1 amide bonds. The maximum Gasteiger partial charge on any atom is 0.351 e. The fourth-order valence-electron chi connectivity index (χ4n) is 3.60. The molecule has 0 unspecified atom stereocenters. The third-order valence-electron chi connectivity index (χ3n) is 5.26. The van der Waals surface area contributed by atoms with Crippen molar-refractivity contribution >= 4 is 50.8 Å². The minimum atomic E-state index is -0.544. The Kier molecular flexibility index (Phi) is 8.74. The average Bonchev–Trinajstić information content (AvgIpc) is 3.14. The fraction of sp³-hybridized carbons (Fsp3) is 0.435. The number of methoxy groups -OCH3 is 1. The van der Waals surface area contributed by atoms with Crippen LogP contribution in [0.3, 0.4) is 0 Å². The van der Waals surface area contributed by atoms with Gasteiger partial charge in [-0.25, -0.2) is 9.59 Å². The van der Waals surface area contributed by atoms with Crippen molar-refractivity contribution < 1.29 is 28.6 Å². The zero-order chi connectivity index (χ0) is 24.0. The SMILES string of the molecule is CCOC(=O)COc1c(C(=O)OC)sc(-c2cccc(NC3CCN(C(C)=O)CC3)c2)c1Br. The lowest BCUT2D eigenvalue weighted by molar-refractivity contribution is -0.145. The molecule has 3 rings (SSSR count). The van der Waals surface area contributed by atoms with Crippen LogP contribution in [0.4, 0.5) is 5.69 Å². The average molecular weight is 539 g/mol. The molecule has 0 aliphatic carbocycles. The van der Waals surface area contributed by atoms with Crippen LogP contribution in [0.5, 0.6) is 5.75 Å². The van der Waals surface area contributed by atoms with Gasteiger partial charge in [0, 0.05) is 31.7 Å². The molecule has 0 radical (unpaired) electrons. The number of hydrogen-bond donors (Lipinski definition) is 1. The number of carbonyl (C=O) groups is 3. The van der Waals surface area contributed by atoms with Crippen molar-refractivity contribution in [1.82, 2.24) is 4.90 Å². The lowest BCUT2D eigenvalue weighted by Gasteiger charge is -2.32. The number of nitrogens with one attached hydrogen (secondary N) is 1. The van der Waals surface area contributed by atoms with Crippen LogP contribution in [0.25, 0.3) is 10.4 Å². The summed E-state index contributed by atoms with van der Waals surface area (Å²) in [4.78, 5) is 38.5. The third-order valence-corrected chi connectivity index (χ3v) is 7.47. The summed E-state index contributed by atoms with van der Waals surface area (Å²) in [5, 5.41) is 3.55. The standard InChI is InChI=1S/C23H27BrN2O6S/c1-4-31-18(28)13-32-20-19(24)21(33-22(20)23(29)30-3)15-6-5-7-17(12-15)25-16-8-10-26(11-9-16)14(2)27/h5-7,12,16,25H,4,8-11,13H2,1-3H3. The third kappa shape index (κ3) is 6.26. The highest BCUT2D eigenvalue weighted by Crippen LogP contribution is 2.46. The first-order valence-corrected chi connectivity index (χ1v) is 12.3. The Hall–Kier alpha value is -2.59. The van der Waals surface area contributed by atoms with Gasteiger partial charge in [0.1, 0.15) is 0 Å². The molecular formula is C23H27BrN2O6S. The van der Waals surface area contributed by atoms with Gasteiger partial charge < -0.3 is 24.4 Å². The molecule has 0 bridgehead atoms. The van der Waals surface area contributed by atoms with Crippen LogP contribution in [0.2, 0.25) is 0 Å². The summed E-state index contributed by atoms with van der Waals surface area (Å²) in [7, 11) is 1.30. The summed E-state index contributed by atoms with van der Waals surface area (Å²) in [6, 6.07) is 8.14. The Morgan fingerprint density at radius 2 is 1.97 bits per heavy atom. The molecule has 8 nitrogen and oxygen atoms in total. The highest BCUT2D eigenvalue weighted by molar-refractivity contribution is 9.10. The Morgan fingerprint density at radius 3 is 2.61 bits per heavy atom. The monoisotopic (exact) mass is 538 g/mol. The largest absolute Gasteiger partial charge is 0.479 e. The zero-order valence-corrected chi connectivity index (χ0v) is 21.2. The minimum absolute atomic E-state index is 0.111. The van der Waals surface area contributed by atoms with Crippen molar-refractivity contribution in [2.24, 2.45) is 0 Å². The number of hydrogen-bond acceptors (Lipinski definition) is 8. The van der Waals surface area contributed by atoms with Crippen LogP contribution in [0.1, 0.15) is 36.4 Å². The van der Waals surface area contributed by atoms with E-state index in [2.05, 4.69) is 21.2 Å². The van der Waals surface area contributed by atoms with E-state index in [4.69, 9.17) is 14.2 Å². The van der Waals surface area contributed by atoms with E-state index in [1.807, 2.05) is 29.2 Å². The van der Waals surface area contributed by atoms with E-state index in [0.717, 1.165) is 42.1 Å². The molecule has 1 aliphatic rings. The smallest absolute Gasteiger partial charge is 0.351 e. The van der Waals surface area contributed by atoms with Gasteiger partial charge in [-0.3, -0.25) is 4.79 Å². The number of carbonyl (C=O) groups excluding carboxylic acids is 3. The Bertz CT molecular complexity index is 1020. The van der Waals surface area contributed by atoms with Crippen LogP contribution in [0, 0.1) is 0 Å². The van der Waals surface area contributed by atoms with E-state index < -0.39 is 11.9 Å². The predicted octanol–water partition coefficient (Wildman–Crippen LogP) is 4.33. The van der Waals surface area contributed by atoms with Crippen LogP contribution >= 0.6 is 27.3 Å². The van der Waals surface area contributed by atoms with Crippen LogP contribution < -0.4 is 10.1 Å². The van der Waals surface area contributed by atoms with E-state index in [-0.39, 0.29) is 35.8 Å². The summed E-state index contributed by atoms with van der Waals surface area (Å²) in [5.74, 6) is -0.697. The molecule has 1 aromatic heterocycles. The van der Waals surface area contributed by atoms with Gasteiger partial charge in [-0.1, -0.05) is 12.1 Å². The highest BCUT2D eigenvalue weighted by Gasteiger charge is 2.26. The minimum Gasteiger partial charge on any atom is -0.479 e. The maximum absolute atomic E-state index is 12.3. The first-order valence-electron chi connectivity index (χ1n) is 10.7. The highest BCUT2D eigenvalue weighted by atomic mass is 79.9. The molecule has 178 valence electrons. The molecule has 33 heavy (non-hydrogen) atoms. The van der Waals surface area contributed by atoms with Crippen molar-refractivity contribution in [2.45, 2.75) is 32.7 Å². The van der Waals surface area contributed by atoms with Gasteiger partial charge in [0.25, 0.3) is 0 Å². The molecule has 1 saturated heterocycles. The van der Waals surface area contributed by atoms with Gasteiger partial charge in [-0.15, -0.1) is 11.3 Å². The molecule has 1 aliphatic heterocycles. The second-order valence-corrected chi connectivity index (χ2v) is 9.31. The van der Waals surface area contributed by atoms with Crippen molar-refractivity contribution in [3.05, 3.63) is 33.6 Å². The molecule has 10 heteroatoms. The number of benzene rings is 1. The number of amides is 1. The summed E-state index contributed by atoms with van der Waals surface area (Å²) < 4.78 is 16.0. The number of likely N-dealkylation sites (tertiary alicyclic amines) is 1. The van der Waals surface area contributed by atoms with Crippen LogP contribution in [0.15, 0.2) is 28.7 Å². The topological polar surface area (TPSA) is 94.2 Å². The number of rotatable bonds is 8. The van der Waals surface area contributed by atoms with Gasteiger partial charge in [0.2, 0.25) is 5.91 Å². The van der Waals surface area contributed by atoms with E-state index in [9.17, 15) is 14.4 Å². The molecule has 2 aromatic rings. The normalized spacial score (nSPS) is 14.0. The number of esters is 2. The number of anilines is 1. The summed E-state index contributed by atoms with van der Waals surface area (Å²) >= 11 is 4.76. The summed E-state index contributed by atoms with van der Waals surface area (Å²) in [5.41, 5.74) is 1.83. The van der Waals surface area contributed by atoms with Gasteiger partial charge in [-0.2, -0.15) is 0 Å². The van der Waals surface area contributed by atoms with E-state index in [1.54, 1.807) is 13.8 Å². The van der Waals surface area contributed by atoms with Crippen LogP contribution in [-0.4, -0.2) is 62.2 Å². The summed E-state index contributed by atoms with van der Waals surface area (Å²) in [6.45, 7) is 4.73. The molecule has 1 N–H and O–H groups in total. The Balaban J connectivity index is 1.80. The molecule has 0 spiro atoms. The number of nitrogens with zero attached hydrogens (tertiary/aromatic N) is 1. The molecule has 0 atom stereocenters. The zero-order valence-electron chi connectivity index (χ0n) is 18.8. The van der Waals surface area contributed by atoms with E-state index >= 15 is 0 Å². The lowest BCUT2D eigenvalue weighted by Crippen LogP contribution is -2.41. The Morgan fingerprint density at radius 1 is 1.24 bits per heavy atom. The van der Waals surface area contributed by atoms with Gasteiger partial charge in [0.05, 0.1) is 23.1 Å². The number of thiophene rings is 1. The first-order chi connectivity index (χ1) is 15.8.